The van der Waals surface area contributed by atoms with Gasteiger partial charge in [-0.25, -0.2) is 0 Å². The van der Waals surface area contributed by atoms with Crippen LogP contribution in [0.25, 0.3) is 0 Å². The molecule has 66 heavy (non-hydrogen) atoms. The summed E-state index contributed by atoms with van der Waals surface area (Å²) < 4.78 is 67.2. The number of halogens is 8. The molecule has 0 aromatic heterocycles. The zero-order chi connectivity index (χ0) is 48.4. The van der Waals surface area contributed by atoms with E-state index in [9.17, 15) is 35.9 Å². The van der Waals surface area contributed by atoms with Gasteiger partial charge in [0, 0.05) is 44.2 Å². The summed E-state index contributed by atoms with van der Waals surface area (Å²) in [7, 11) is 0. The highest BCUT2D eigenvalue weighted by Gasteiger charge is 2.49. The first-order chi connectivity index (χ1) is 31.2. The van der Waals surface area contributed by atoms with E-state index in [1.165, 1.54) is 148 Å². The maximum absolute atomic E-state index is 14.2. The lowest BCUT2D eigenvalue weighted by Crippen LogP contribution is -2.63. The van der Waals surface area contributed by atoms with Gasteiger partial charge in [0.2, 0.25) is 11.6 Å². The predicted molar refractivity (Wildman–Crippen MR) is 245 cm³/mol. The molecule has 0 amide bonds. The van der Waals surface area contributed by atoms with E-state index in [0.29, 0.717) is 48.3 Å². The molecule has 0 spiro atoms. The van der Waals surface area contributed by atoms with Crippen molar-refractivity contribution in [2.24, 2.45) is 23.7 Å². The van der Waals surface area contributed by atoms with Crippen LogP contribution in [0, 0.1) is 23.7 Å². The third-order valence-electron chi connectivity index (χ3n) is 14.4. The summed E-state index contributed by atoms with van der Waals surface area (Å²) in [5, 5.41) is 17.6. The Kier molecular flexibility index (Phi) is 22.7. The molecule has 6 atom stereocenters. The Hall–Kier alpha value is -2.82. The Morgan fingerprint density at radius 3 is 1.29 bits per heavy atom. The number of ketones is 2. The second kappa shape index (κ2) is 26.8. The Labute approximate surface area is 403 Å². The van der Waals surface area contributed by atoms with Crippen LogP contribution in [-0.2, 0) is 9.59 Å². The van der Waals surface area contributed by atoms with E-state index in [1.807, 2.05) is 48.5 Å². The summed E-state index contributed by atoms with van der Waals surface area (Å²) in [6.45, 7) is 8.31. The van der Waals surface area contributed by atoms with E-state index in [1.54, 1.807) is 0 Å². The fourth-order valence-electron chi connectivity index (χ4n) is 11.3. The molecule has 370 valence electrons. The minimum absolute atomic E-state index is 0.328. The number of hydrogen-bond donors (Lipinski definition) is 0. The Morgan fingerprint density at radius 1 is 0.485 bits per heavy atom. The van der Waals surface area contributed by atoms with Crippen molar-refractivity contribution in [3.05, 3.63) is 68.6 Å². The number of fused-ring (bicyclic) bond motifs is 11. The van der Waals surface area contributed by atoms with Crippen molar-refractivity contribution in [1.29, 1.82) is 0 Å². The van der Waals surface area contributed by atoms with E-state index in [4.69, 9.17) is 19.8 Å². The average molecular weight is 1070 g/mol. The summed E-state index contributed by atoms with van der Waals surface area (Å²) in [5.74, 6) is -2.59. The molecule has 2 unspecified atom stereocenters. The Morgan fingerprint density at radius 2 is 0.848 bits per heavy atom. The SMILES string of the molecule is O=C(C[N+]12CCCCCCCCCC[C@H]3C[C@@H]4C[N+](CC(=O)c5ccc(Br)cc5)(CCCCCCCCCC[C@@H](C1)[C@@H]4CC2)C3)c1ccc(Br)cc1.O=C([O-])C(F)(F)F.O=C([O-])C(F)(F)F. The number of quaternary nitrogens is 2. The maximum atomic E-state index is 14.2. The van der Waals surface area contributed by atoms with Crippen molar-refractivity contribution in [3.63, 3.8) is 0 Å². The lowest BCUT2D eigenvalue weighted by molar-refractivity contribution is -0.937. The van der Waals surface area contributed by atoms with Gasteiger partial charge in [-0.1, -0.05) is 133 Å². The van der Waals surface area contributed by atoms with Crippen LogP contribution in [0.15, 0.2) is 57.5 Å². The number of nitrogens with zero attached hydrogens (tertiary/aromatic N) is 2. The molecule has 0 saturated carbocycles. The number of piperidine rings is 2. The molecule has 6 bridgehead atoms. The van der Waals surface area contributed by atoms with Gasteiger partial charge in [0.05, 0.1) is 39.3 Å². The van der Waals surface area contributed by atoms with Crippen LogP contribution in [0.5, 0.6) is 0 Å². The highest BCUT2D eigenvalue weighted by Crippen LogP contribution is 2.44. The van der Waals surface area contributed by atoms with E-state index >= 15 is 0 Å². The van der Waals surface area contributed by atoms with Crippen LogP contribution in [0.4, 0.5) is 26.3 Å². The molecular weight excluding hydrogens is 998 g/mol. The lowest BCUT2D eigenvalue weighted by Gasteiger charge is -2.53. The van der Waals surface area contributed by atoms with Crippen molar-refractivity contribution in [2.45, 2.75) is 141 Å². The van der Waals surface area contributed by atoms with Crippen LogP contribution in [0.1, 0.15) is 149 Å². The van der Waals surface area contributed by atoms with Crippen molar-refractivity contribution >= 4 is 55.4 Å². The first kappa shape index (κ1) is 55.8. The largest absolute Gasteiger partial charge is 0.542 e. The minimum atomic E-state index is -5.19. The molecule has 2 aromatic carbocycles. The first-order valence-electron chi connectivity index (χ1n) is 24.0. The second-order valence-corrected chi connectivity index (χ2v) is 21.3. The lowest BCUT2D eigenvalue weighted by atomic mass is 9.68. The highest BCUT2D eigenvalue weighted by molar-refractivity contribution is 9.10. The molecule has 2 aromatic rings. The molecule has 0 aliphatic carbocycles. The van der Waals surface area contributed by atoms with E-state index < -0.39 is 24.3 Å². The summed E-state index contributed by atoms with van der Waals surface area (Å²) in [4.78, 5) is 45.8. The average Bonchev–Trinajstić information content (AvgIpc) is 3.24. The van der Waals surface area contributed by atoms with Crippen molar-refractivity contribution in [1.82, 2.24) is 0 Å². The number of hydrogen-bond acceptors (Lipinski definition) is 6. The van der Waals surface area contributed by atoms with Gasteiger partial charge in [-0.05, 0) is 75.1 Å². The zero-order valence-corrected chi connectivity index (χ0v) is 41.3. The number of Topliss-reactive ketones (excluding diaryl/α,β-unsaturated/α-hetero) is 2. The van der Waals surface area contributed by atoms with E-state index in [2.05, 4.69) is 31.9 Å². The van der Waals surface area contributed by atoms with Gasteiger partial charge in [-0.15, -0.1) is 0 Å². The number of rotatable bonds is 6. The monoisotopic (exact) mass is 1060 g/mol. The molecule has 7 rings (SSSR count). The summed E-state index contributed by atoms with van der Waals surface area (Å²) in [5.41, 5.74) is 1.75. The Balaban J connectivity index is 0.000000590. The summed E-state index contributed by atoms with van der Waals surface area (Å²) in [6, 6.07) is 16.3. The normalized spacial score (nSPS) is 27.3. The molecule has 0 N–H and O–H groups in total. The molecular formula is C50H68Br2F6N2O6. The van der Waals surface area contributed by atoms with Gasteiger partial charge < -0.3 is 28.8 Å². The van der Waals surface area contributed by atoms with Gasteiger partial charge in [-0.2, -0.15) is 26.3 Å². The molecule has 0 radical (unpaired) electrons. The Bertz CT molecular complexity index is 1810. The van der Waals surface area contributed by atoms with E-state index in [-0.39, 0.29) is 0 Å². The first-order valence-corrected chi connectivity index (χ1v) is 25.6. The predicted octanol–water partition coefficient (Wildman–Crippen LogP) is 10.8. The highest BCUT2D eigenvalue weighted by atomic mass is 79.9. The minimum Gasteiger partial charge on any atom is -0.542 e. The third-order valence-corrected chi connectivity index (χ3v) is 15.4. The molecule has 5 fully saturated rings. The van der Waals surface area contributed by atoms with Crippen LogP contribution in [0.2, 0.25) is 0 Å². The summed E-state index contributed by atoms with van der Waals surface area (Å²) in [6.07, 6.45) is 16.2. The van der Waals surface area contributed by atoms with Crippen molar-refractivity contribution < 1.29 is 64.7 Å². The summed E-state index contributed by atoms with van der Waals surface area (Å²) >= 11 is 7.17. The topological polar surface area (TPSA) is 114 Å². The number of benzene rings is 2. The van der Waals surface area contributed by atoms with Crippen molar-refractivity contribution in [3.8, 4) is 0 Å². The van der Waals surface area contributed by atoms with Gasteiger partial charge in [0.25, 0.3) is 0 Å². The molecule has 8 nitrogen and oxygen atoms in total. The number of aliphatic carboxylic acids is 2. The van der Waals surface area contributed by atoms with Crippen LogP contribution in [0.3, 0.4) is 0 Å². The fraction of sp³-hybridized carbons (Fsp3) is 0.680. The molecule has 5 saturated heterocycles. The number of alkyl halides is 6. The third kappa shape index (κ3) is 18.9. The van der Waals surface area contributed by atoms with Crippen molar-refractivity contribution in [2.75, 3.05) is 52.4 Å². The zero-order valence-electron chi connectivity index (χ0n) is 38.1. The smallest absolute Gasteiger partial charge is 0.430 e. The molecule has 5 aliphatic rings. The van der Waals surface area contributed by atoms with Crippen LogP contribution in [-0.4, -0.2) is 97.2 Å². The quantitative estimate of drug-likeness (QED) is 0.162. The number of carbonyl (C=O) groups is 4. The van der Waals surface area contributed by atoms with Gasteiger partial charge in [0.15, 0.2) is 0 Å². The molecule has 5 heterocycles. The molecule has 5 aliphatic heterocycles. The fourth-order valence-corrected chi connectivity index (χ4v) is 11.8. The van der Waals surface area contributed by atoms with Gasteiger partial charge in [-0.3, -0.25) is 9.59 Å². The molecule has 16 heteroatoms. The van der Waals surface area contributed by atoms with Crippen LogP contribution < -0.4 is 10.2 Å². The maximum Gasteiger partial charge on any atom is 0.430 e. The number of carboxylic acid groups (broad SMARTS) is 2. The second-order valence-electron chi connectivity index (χ2n) is 19.5. The number of carbonyl (C=O) groups excluding carboxylic acids is 4. The number of carboxylic acids is 2. The standard InChI is InChI=1S/C46H68Br2N2O2.2C2HF3O2/c47-42-23-19-38(20-24-42)45(51)35-49-28-15-11-7-3-1-5-9-13-17-37-31-41-34-50(32-37,36-46(52)39-21-25-43(48)26-22-39)29-16-12-8-4-2-6-10-14-18-40(33-49)44(41)27-30-49;2*3-2(4,5)1(6)7/h19-26,37,40-41,44H,1-18,27-36H2;2*(H,6,7)/q+2;;/p-2/t37-,40-,41+,44-,49?,50?;;/m0../s1. The van der Waals surface area contributed by atoms with Gasteiger partial charge in [0.1, 0.15) is 25.0 Å². The van der Waals surface area contributed by atoms with Gasteiger partial charge >= 0.3 is 12.4 Å². The van der Waals surface area contributed by atoms with Crippen LogP contribution >= 0.6 is 31.9 Å². The van der Waals surface area contributed by atoms with E-state index in [0.717, 1.165) is 48.7 Å².